The summed E-state index contributed by atoms with van der Waals surface area (Å²) in [5.41, 5.74) is 3.62. The number of carbonyl (C=O) groups excluding carboxylic acids is 1. The number of fused-ring (bicyclic) bond motifs is 1. The first-order valence-electron chi connectivity index (χ1n) is 8.43. The van der Waals surface area contributed by atoms with Crippen LogP contribution in [0.2, 0.25) is 0 Å². The number of rotatable bonds is 4. The zero-order valence-corrected chi connectivity index (χ0v) is 14.4. The zero-order valence-electron chi connectivity index (χ0n) is 14.4. The number of methoxy groups -OCH3 is 1. The van der Waals surface area contributed by atoms with Crippen LogP contribution in [0, 0.1) is 0 Å². The molecule has 2 aliphatic rings. The van der Waals surface area contributed by atoms with E-state index in [1.54, 1.807) is 0 Å². The minimum absolute atomic E-state index is 0.156. The Morgan fingerprint density at radius 3 is 2.70 bits per heavy atom. The molecule has 23 heavy (non-hydrogen) atoms. The van der Waals surface area contributed by atoms with E-state index in [1.165, 1.54) is 23.9 Å². The SMILES string of the molecule is COC(=O)C(C)(C)N1CCN(Cc2cccc3c2NCC3)CC1. The number of anilines is 1. The first-order valence-corrected chi connectivity index (χ1v) is 8.43. The maximum atomic E-state index is 11.9. The summed E-state index contributed by atoms with van der Waals surface area (Å²) in [6.45, 7) is 9.66. The standard InChI is InChI=1S/C18H27N3O2/c1-18(2,17(22)23-3)21-11-9-20(10-12-21)13-15-6-4-5-14-7-8-19-16(14)15/h4-6,19H,7-13H2,1-3H3. The molecule has 5 heteroatoms. The van der Waals surface area contributed by atoms with Crippen LogP contribution in [0.1, 0.15) is 25.0 Å². The second kappa shape index (κ2) is 6.49. The molecule has 1 aromatic rings. The Kier molecular flexibility index (Phi) is 4.60. The second-order valence-electron chi connectivity index (χ2n) is 6.94. The van der Waals surface area contributed by atoms with Gasteiger partial charge < -0.3 is 10.1 Å². The molecule has 0 bridgehead atoms. The van der Waals surface area contributed by atoms with Crippen molar-refractivity contribution in [3.05, 3.63) is 29.3 Å². The van der Waals surface area contributed by atoms with Crippen molar-refractivity contribution in [2.45, 2.75) is 32.4 Å². The summed E-state index contributed by atoms with van der Waals surface area (Å²) in [6.07, 6.45) is 1.13. The van der Waals surface area contributed by atoms with Crippen LogP contribution in [-0.2, 0) is 22.5 Å². The van der Waals surface area contributed by atoms with E-state index in [1.807, 2.05) is 13.8 Å². The predicted octanol–water partition coefficient (Wildman–Crippen LogP) is 1.72. The number of hydrogen-bond donors (Lipinski definition) is 1. The minimum atomic E-state index is -0.545. The highest BCUT2D eigenvalue weighted by molar-refractivity contribution is 5.79. The summed E-state index contributed by atoms with van der Waals surface area (Å²) in [7, 11) is 1.46. The van der Waals surface area contributed by atoms with Crippen LogP contribution in [0.5, 0.6) is 0 Å². The van der Waals surface area contributed by atoms with Crippen molar-refractivity contribution < 1.29 is 9.53 Å². The van der Waals surface area contributed by atoms with Gasteiger partial charge >= 0.3 is 5.97 Å². The molecule has 1 saturated heterocycles. The number of benzene rings is 1. The van der Waals surface area contributed by atoms with E-state index in [4.69, 9.17) is 4.74 Å². The molecule has 0 saturated carbocycles. The van der Waals surface area contributed by atoms with Gasteiger partial charge in [-0.25, -0.2) is 0 Å². The first-order chi connectivity index (χ1) is 11.0. The highest BCUT2D eigenvalue weighted by Crippen LogP contribution is 2.28. The summed E-state index contributed by atoms with van der Waals surface area (Å²) in [5, 5.41) is 3.52. The van der Waals surface area contributed by atoms with Crippen LogP contribution in [-0.4, -0.2) is 61.1 Å². The van der Waals surface area contributed by atoms with Crippen LogP contribution < -0.4 is 5.32 Å². The molecule has 1 aromatic carbocycles. The molecule has 0 unspecified atom stereocenters. The van der Waals surface area contributed by atoms with Crippen LogP contribution in [0.25, 0.3) is 0 Å². The van der Waals surface area contributed by atoms with Crippen molar-refractivity contribution in [1.29, 1.82) is 0 Å². The third kappa shape index (κ3) is 3.21. The molecule has 1 fully saturated rings. The monoisotopic (exact) mass is 317 g/mol. The smallest absolute Gasteiger partial charge is 0.325 e. The van der Waals surface area contributed by atoms with Crippen LogP contribution >= 0.6 is 0 Å². The number of ether oxygens (including phenoxy) is 1. The van der Waals surface area contributed by atoms with Gasteiger partial charge in [-0.2, -0.15) is 0 Å². The van der Waals surface area contributed by atoms with E-state index >= 15 is 0 Å². The predicted molar refractivity (Wildman–Crippen MR) is 91.6 cm³/mol. The fraction of sp³-hybridized carbons (Fsp3) is 0.611. The van der Waals surface area contributed by atoms with Gasteiger partial charge in [-0.15, -0.1) is 0 Å². The Morgan fingerprint density at radius 2 is 2.00 bits per heavy atom. The molecule has 2 aliphatic heterocycles. The molecule has 5 nitrogen and oxygen atoms in total. The van der Waals surface area contributed by atoms with E-state index in [-0.39, 0.29) is 5.97 Å². The van der Waals surface area contributed by atoms with Crippen LogP contribution in [0.4, 0.5) is 5.69 Å². The van der Waals surface area contributed by atoms with E-state index in [0.29, 0.717) is 0 Å². The van der Waals surface area contributed by atoms with Gasteiger partial charge in [0.25, 0.3) is 0 Å². The van der Waals surface area contributed by atoms with Gasteiger partial charge in [0.15, 0.2) is 0 Å². The van der Waals surface area contributed by atoms with Crippen molar-refractivity contribution in [3.8, 4) is 0 Å². The summed E-state index contributed by atoms with van der Waals surface area (Å²) in [4.78, 5) is 16.6. The van der Waals surface area contributed by atoms with Crippen molar-refractivity contribution in [3.63, 3.8) is 0 Å². The Hall–Kier alpha value is -1.59. The average Bonchev–Trinajstić information content (AvgIpc) is 3.04. The molecule has 0 aromatic heterocycles. The molecule has 126 valence electrons. The fourth-order valence-corrected chi connectivity index (χ4v) is 3.63. The Morgan fingerprint density at radius 1 is 1.26 bits per heavy atom. The van der Waals surface area contributed by atoms with Crippen molar-refractivity contribution in [2.24, 2.45) is 0 Å². The second-order valence-corrected chi connectivity index (χ2v) is 6.94. The lowest BCUT2D eigenvalue weighted by Gasteiger charge is -2.42. The molecule has 0 atom stereocenters. The van der Waals surface area contributed by atoms with Crippen molar-refractivity contribution >= 4 is 11.7 Å². The van der Waals surface area contributed by atoms with E-state index < -0.39 is 5.54 Å². The van der Waals surface area contributed by atoms with Gasteiger partial charge in [-0.3, -0.25) is 14.6 Å². The molecular formula is C18H27N3O2. The molecule has 2 heterocycles. The van der Waals surface area contributed by atoms with Crippen LogP contribution in [0.3, 0.4) is 0 Å². The Labute approximate surface area is 138 Å². The molecule has 0 radical (unpaired) electrons. The summed E-state index contributed by atoms with van der Waals surface area (Å²) in [6, 6.07) is 6.61. The van der Waals surface area contributed by atoms with Gasteiger partial charge in [0.05, 0.1) is 7.11 Å². The van der Waals surface area contributed by atoms with Gasteiger partial charge in [-0.05, 0) is 31.4 Å². The number of para-hydroxylation sites is 1. The lowest BCUT2D eigenvalue weighted by atomic mass is 10.0. The first kappa shape index (κ1) is 16.3. The van der Waals surface area contributed by atoms with Gasteiger partial charge in [0, 0.05) is 45.0 Å². The molecular weight excluding hydrogens is 290 g/mol. The molecule has 0 aliphatic carbocycles. The van der Waals surface area contributed by atoms with Gasteiger partial charge in [0.1, 0.15) is 5.54 Å². The number of hydrogen-bond acceptors (Lipinski definition) is 5. The van der Waals surface area contributed by atoms with E-state index in [0.717, 1.165) is 45.7 Å². The van der Waals surface area contributed by atoms with Crippen LogP contribution in [0.15, 0.2) is 18.2 Å². The number of piperazine rings is 1. The normalized spacial score (nSPS) is 19.3. The molecule has 3 rings (SSSR count). The molecule has 1 N–H and O–H groups in total. The number of carbonyl (C=O) groups is 1. The summed E-state index contributed by atoms with van der Waals surface area (Å²) < 4.78 is 4.94. The maximum Gasteiger partial charge on any atom is 0.325 e. The third-order valence-corrected chi connectivity index (χ3v) is 5.17. The van der Waals surface area contributed by atoms with Gasteiger partial charge in [0.2, 0.25) is 0 Å². The number of nitrogens with one attached hydrogen (secondary N) is 1. The lowest BCUT2D eigenvalue weighted by Crippen LogP contribution is -2.58. The van der Waals surface area contributed by atoms with Gasteiger partial charge in [-0.1, -0.05) is 18.2 Å². The highest BCUT2D eigenvalue weighted by Gasteiger charge is 2.37. The highest BCUT2D eigenvalue weighted by atomic mass is 16.5. The van der Waals surface area contributed by atoms with Crippen molar-refractivity contribution in [2.75, 3.05) is 45.2 Å². The lowest BCUT2D eigenvalue weighted by molar-refractivity contribution is -0.154. The number of esters is 1. The summed E-state index contributed by atoms with van der Waals surface area (Å²) >= 11 is 0. The van der Waals surface area contributed by atoms with E-state index in [2.05, 4.69) is 33.3 Å². The fourth-order valence-electron chi connectivity index (χ4n) is 3.63. The number of nitrogens with zero attached hydrogens (tertiary/aromatic N) is 2. The largest absolute Gasteiger partial charge is 0.468 e. The molecule has 0 spiro atoms. The quantitative estimate of drug-likeness (QED) is 0.857. The average molecular weight is 317 g/mol. The third-order valence-electron chi connectivity index (χ3n) is 5.17. The zero-order chi connectivity index (χ0) is 16.4. The Bertz CT molecular complexity index is 578. The Balaban J connectivity index is 1.60. The van der Waals surface area contributed by atoms with E-state index in [9.17, 15) is 4.79 Å². The minimum Gasteiger partial charge on any atom is -0.468 e. The molecule has 0 amide bonds. The van der Waals surface area contributed by atoms with Crippen molar-refractivity contribution in [1.82, 2.24) is 9.80 Å². The summed E-state index contributed by atoms with van der Waals surface area (Å²) in [5.74, 6) is -0.156. The topological polar surface area (TPSA) is 44.8 Å². The maximum absolute atomic E-state index is 11.9.